The van der Waals surface area contributed by atoms with E-state index in [9.17, 15) is 4.79 Å². The Kier molecular flexibility index (Phi) is 1.91. The molecule has 14 heavy (non-hydrogen) atoms. The van der Waals surface area contributed by atoms with Gasteiger partial charge in [0.2, 0.25) is 0 Å². The second-order valence-corrected chi connectivity index (χ2v) is 4.48. The molecule has 2 aliphatic rings. The summed E-state index contributed by atoms with van der Waals surface area (Å²) in [5.74, 6) is -0.479. The summed E-state index contributed by atoms with van der Waals surface area (Å²) in [5, 5.41) is 9.05. The lowest BCUT2D eigenvalue weighted by molar-refractivity contribution is -0.162. The van der Waals surface area contributed by atoms with E-state index in [0.29, 0.717) is 19.4 Å². The van der Waals surface area contributed by atoms with E-state index in [1.807, 2.05) is 13.8 Å². The molecule has 0 bridgehead atoms. The van der Waals surface area contributed by atoms with Crippen LogP contribution in [0.4, 0.5) is 0 Å². The Morgan fingerprint density at radius 2 is 2.14 bits per heavy atom. The predicted octanol–water partition coefficient (Wildman–Crippen LogP) is 1.01. The number of nitrogens with zero attached hydrogens (tertiary/aromatic N) is 1. The highest BCUT2D eigenvalue weighted by molar-refractivity contribution is 5.87. The SMILES string of the molecule is CC1(C)OCC(C2(C#N)CC(=O)C2)O1. The number of Topliss-reactive ketones (excluding diaryl/α,β-unsaturated/α-hetero) is 1. The molecular formula is C10H13NO3. The molecule has 1 aliphatic heterocycles. The fourth-order valence-corrected chi connectivity index (χ4v) is 1.99. The number of ketones is 1. The molecule has 76 valence electrons. The van der Waals surface area contributed by atoms with Crippen LogP contribution in [0.1, 0.15) is 26.7 Å². The third-order valence-corrected chi connectivity index (χ3v) is 2.87. The van der Waals surface area contributed by atoms with E-state index in [-0.39, 0.29) is 11.9 Å². The quantitative estimate of drug-likeness (QED) is 0.626. The molecule has 2 fully saturated rings. The molecule has 4 heteroatoms. The van der Waals surface area contributed by atoms with Crippen LogP contribution in [0.5, 0.6) is 0 Å². The maximum Gasteiger partial charge on any atom is 0.163 e. The predicted molar refractivity (Wildman–Crippen MR) is 47.2 cm³/mol. The monoisotopic (exact) mass is 195 g/mol. The van der Waals surface area contributed by atoms with Crippen molar-refractivity contribution in [3.05, 3.63) is 0 Å². The van der Waals surface area contributed by atoms with Gasteiger partial charge in [0.25, 0.3) is 0 Å². The van der Waals surface area contributed by atoms with Gasteiger partial charge in [-0.1, -0.05) is 0 Å². The van der Waals surface area contributed by atoms with Crippen molar-refractivity contribution in [3.63, 3.8) is 0 Å². The minimum absolute atomic E-state index is 0.139. The summed E-state index contributed by atoms with van der Waals surface area (Å²) in [4.78, 5) is 10.9. The molecule has 1 heterocycles. The number of hydrogen-bond donors (Lipinski definition) is 0. The standard InChI is InChI=1S/C10H13NO3/c1-9(2)13-5-8(14-9)10(6-11)3-7(12)4-10/h8H,3-5H2,1-2H3. The number of carbonyl (C=O) groups is 1. The minimum Gasteiger partial charge on any atom is -0.348 e. The molecule has 1 saturated carbocycles. The van der Waals surface area contributed by atoms with Gasteiger partial charge < -0.3 is 9.47 Å². The van der Waals surface area contributed by atoms with Crippen molar-refractivity contribution >= 4 is 5.78 Å². The first-order valence-electron chi connectivity index (χ1n) is 4.72. The zero-order valence-electron chi connectivity index (χ0n) is 8.37. The summed E-state index contributed by atoms with van der Waals surface area (Å²) in [7, 11) is 0. The minimum atomic E-state index is -0.620. The van der Waals surface area contributed by atoms with Crippen molar-refractivity contribution < 1.29 is 14.3 Å². The first kappa shape index (κ1) is 9.63. The molecule has 0 spiro atoms. The van der Waals surface area contributed by atoms with E-state index in [1.165, 1.54) is 0 Å². The molecule has 0 N–H and O–H groups in total. The number of carbonyl (C=O) groups excluding carboxylic acids is 1. The molecule has 1 unspecified atom stereocenters. The summed E-state index contributed by atoms with van der Waals surface area (Å²) in [6.07, 6.45) is 0.376. The van der Waals surface area contributed by atoms with Crippen LogP contribution in [0, 0.1) is 16.7 Å². The molecule has 0 aromatic heterocycles. The number of rotatable bonds is 1. The van der Waals surface area contributed by atoms with Gasteiger partial charge in [-0.05, 0) is 13.8 Å². The van der Waals surface area contributed by atoms with Crippen molar-refractivity contribution in [3.8, 4) is 6.07 Å². The van der Waals surface area contributed by atoms with Gasteiger partial charge >= 0.3 is 0 Å². The highest BCUT2D eigenvalue weighted by atomic mass is 16.7. The highest BCUT2D eigenvalue weighted by Crippen LogP contribution is 2.45. The van der Waals surface area contributed by atoms with E-state index < -0.39 is 11.2 Å². The van der Waals surface area contributed by atoms with Crippen LogP contribution in [-0.4, -0.2) is 24.3 Å². The second kappa shape index (κ2) is 2.78. The van der Waals surface area contributed by atoms with Crippen molar-refractivity contribution in [2.24, 2.45) is 5.41 Å². The van der Waals surface area contributed by atoms with Gasteiger partial charge in [-0.2, -0.15) is 5.26 Å². The van der Waals surface area contributed by atoms with E-state index in [2.05, 4.69) is 6.07 Å². The van der Waals surface area contributed by atoms with Crippen LogP contribution in [0.25, 0.3) is 0 Å². The third-order valence-electron chi connectivity index (χ3n) is 2.87. The van der Waals surface area contributed by atoms with Crippen LogP contribution >= 0.6 is 0 Å². The average Bonchev–Trinajstić information content (AvgIpc) is 2.40. The van der Waals surface area contributed by atoms with Gasteiger partial charge in [-0.25, -0.2) is 0 Å². The van der Waals surface area contributed by atoms with E-state index in [1.54, 1.807) is 0 Å². The molecule has 0 aromatic rings. The lowest BCUT2D eigenvalue weighted by Gasteiger charge is -2.37. The fourth-order valence-electron chi connectivity index (χ4n) is 1.99. The van der Waals surface area contributed by atoms with Crippen LogP contribution in [0.3, 0.4) is 0 Å². The van der Waals surface area contributed by atoms with E-state index in [0.717, 1.165) is 0 Å². The maximum absolute atomic E-state index is 10.9. The number of ether oxygens (including phenoxy) is 2. The first-order chi connectivity index (χ1) is 6.47. The van der Waals surface area contributed by atoms with Crippen molar-refractivity contribution in [1.29, 1.82) is 5.26 Å². The van der Waals surface area contributed by atoms with Crippen LogP contribution in [0.2, 0.25) is 0 Å². The number of hydrogen-bond acceptors (Lipinski definition) is 4. The molecule has 1 aliphatic carbocycles. The molecule has 0 aromatic carbocycles. The van der Waals surface area contributed by atoms with Gasteiger partial charge in [0, 0.05) is 12.8 Å². The van der Waals surface area contributed by atoms with Crippen LogP contribution in [-0.2, 0) is 14.3 Å². The summed E-state index contributed by atoms with van der Waals surface area (Å²) in [6, 6.07) is 2.20. The second-order valence-electron chi connectivity index (χ2n) is 4.48. The summed E-state index contributed by atoms with van der Waals surface area (Å²) in [6.45, 7) is 4.05. The van der Waals surface area contributed by atoms with Gasteiger partial charge in [-0.15, -0.1) is 0 Å². The lowest BCUT2D eigenvalue weighted by atomic mass is 9.65. The molecule has 1 saturated heterocycles. The average molecular weight is 195 g/mol. The van der Waals surface area contributed by atoms with E-state index >= 15 is 0 Å². The summed E-state index contributed by atoms with van der Waals surface area (Å²) in [5.41, 5.74) is -0.620. The van der Waals surface area contributed by atoms with Crippen LogP contribution in [0.15, 0.2) is 0 Å². The van der Waals surface area contributed by atoms with Gasteiger partial charge in [0.15, 0.2) is 5.79 Å². The molecule has 1 atom stereocenters. The van der Waals surface area contributed by atoms with Gasteiger partial charge in [0.1, 0.15) is 11.9 Å². The third kappa shape index (κ3) is 1.33. The fraction of sp³-hybridized carbons (Fsp3) is 0.800. The Bertz CT molecular complexity index is 308. The molecule has 4 nitrogen and oxygen atoms in total. The molecule has 0 radical (unpaired) electrons. The first-order valence-corrected chi connectivity index (χ1v) is 4.72. The maximum atomic E-state index is 10.9. The van der Waals surface area contributed by atoms with E-state index in [4.69, 9.17) is 14.7 Å². The van der Waals surface area contributed by atoms with Crippen molar-refractivity contribution in [1.82, 2.24) is 0 Å². The molecule has 2 rings (SSSR count). The summed E-state index contributed by atoms with van der Waals surface area (Å²) < 4.78 is 11.0. The Morgan fingerprint density at radius 1 is 1.50 bits per heavy atom. The topological polar surface area (TPSA) is 59.3 Å². The Hall–Kier alpha value is -0.920. The van der Waals surface area contributed by atoms with Gasteiger partial charge in [-0.3, -0.25) is 4.79 Å². The highest BCUT2D eigenvalue weighted by Gasteiger charge is 2.54. The number of nitriles is 1. The Labute approximate surface area is 82.8 Å². The normalized spacial score (nSPS) is 33.5. The molecular weight excluding hydrogens is 182 g/mol. The van der Waals surface area contributed by atoms with Gasteiger partial charge in [0.05, 0.1) is 18.1 Å². The zero-order valence-corrected chi connectivity index (χ0v) is 8.37. The summed E-state index contributed by atoms with van der Waals surface area (Å²) >= 11 is 0. The van der Waals surface area contributed by atoms with Crippen molar-refractivity contribution in [2.45, 2.75) is 38.6 Å². The van der Waals surface area contributed by atoms with Crippen molar-refractivity contribution in [2.75, 3.05) is 6.61 Å². The lowest BCUT2D eigenvalue weighted by Crippen LogP contribution is -2.47. The molecule has 0 amide bonds. The largest absolute Gasteiger partial charge is 0.348 e. The zero-order chi connectivity index (χ0) is 10.4. The van der Waals surface area contributed by atoms with Crippen LogP contribution < -0.4 is 0 Å². The Balaban J connectivity index is 2.10. The Morgan fingerprint density at radius 3 is 2.50 bits per heavy atom. The smallest absolute Gasteiger partial charge is 0.163 e.